The fraction of sp³-hybridized carbons (Fsp3) is 0.278. The van der Waals surface area contributed by atoms with Gasteiger partial charge in [-0.3, -0.25) is 4.79 Å². The Hall–Kier alpha value is -2.04. The van der Waals surface area contributed by atoms with E-state index in [1.165, 1.54) is 0 Å². The molecule has 2 aromatic carbocycles. The summed E-state index contributed by atoms with van der Waals surface area (Å²) in [4.78, 5) is 13.1. The number of quaternary nitrogens is 1. The van der Waals surface area contributed by atoms with Gasteiger partial charge in [-0.1, -0.05) is 41.9 Å². The van der Waals surface area contributed by atoms with Crippen LogP contribution >= 0.6 is 11.6 Å². The first-order valence-corrected chi connectivity index (χ1v) is 7.90. The van der Waals surface area contributed by atoms with E-state index in [-0.39, 0.29) is 5.91 Å². The lowest BCUT2D eigenvalue weighted by atomic mass is 10.2. The van der Waals surface area contributed by atoms with Crippen molar-refractivity contribution < 1.29 is 14.4 Å². The summed E-state index contributed by atoms with van der Waals surface area (Å²) in [5, 5.41) is 3.61. The molecule has 2 aromatic rings. The van der Waals surface area contributed by atoms with Gasteiger partial charge in [0.2, 0.25) is 0 Å². The zero-order valence-corrected chi connectivity index (χ0v) is 14.2. The van der Waals surface area contributed by atoms with Gasteiger partial charge in [0.05, 0.1) is 14.2 Å². The molecule has 0 bridgehead atoms. The summed E-state index contributed by atoms with van der Waals surface area (Å²) in [6.45, 7) is 1.61. The van der Waals surface area contributed by atoms with Crippen molar-refractivity contribution in [1.82, 2.24) is 5.32 Å². The molecule has 0 radical (unpaired) electrons. The lowest BCUT2D eigenvalue weighted by molar-refractivity contribution is -0.885. The van der Waals surface area contributed by atoms with E-state index in [1.54, 1.807) is 13.2 Å². The molecule has 0 aliphatic carbocycles. The molecule has 0 aliphatic heterocycles. The van der Waals surface area contributed by atoms with Crippen LogP contribution in [0.5, 0.6) is 5.75 Å². The molecule has 122 valence electrons. The van der Waals surface area contributed by atoms with Gasteiger partial charge in [-0.15, -0.1) is 0 Å². The minimum atomic E-state index is 0.0207. The molecule has 0 aliphatic rings. The third kappa shape index (κ3) is 5.58. The molecular weight excluding hydrogens is 312 g/mol. The van der Waals surface area contributed by atoms with Crippen LogP contribution in [-0.4, -0.2) is 26.6 Å². The zero-order chi connectivity index (χ0) is 16.7. The highest BCUT2D eigenvalue weighted by atomic mass is 35.5. The fourth-order valence-corrected chi connectivity index (χ4v) is 2.60. The number of rotatable bonds is 7. The van der Waals surface area contributed by atoms with Crippen molar-refractivity contribution in [3.8, 4) is 5.75 Å². The summed E-state index contributed by atoms with van der Waals surface area (Å²) in [6, 6.07) is 15.4. The number of likely N-dealkylation sites (N-methyl/N-ethyl adjacent to an activating group) is 1. The molecule has 0 fully saturated rings. The Balaban J connectivity index is 1.85. The van der Waals surface area contributed by atoms with E-state index >= 15 is 0 Å². The lowest BCUT2D eigenvalue weighted by Crippen LogP contribution is -3.08. The van der Waals surface area contributed by atoms with Crippen LogP contribution in [0, 0.1) is 0 Å². The normalized spacial score (nSPS) is 11.8. The first-order chi connectivity index (χ1) is 11.1. The summed E-state index contributed by atoms with van der Waals surface area (Å²) in [5.41, 5.74) is 2.09. The van der Waals surface area contributed by atoms with Crippen LogP contribution in [0.15, 0.2) is 48.5 Å². The van der Waals surface area contributed by atoms with Crippen LogP contribution in [0.4, 0.5) is 0 Å². The smallest absolute Gasteiger partial charge is 0.275 e. The van der Waals surface area contributed by atoms with Gasteiger partial charge in [-0.25, -0.2) is 0 Å². The molecule has 23 heavy (non-hydrogen) atoms. The van der Waals surface area contributed by atoms with E-state index in [2.05, 4.69) is 5.32 Å². The number of hydrogen-bond donors (Lipinski definition) is 2. The SMILES string of the molecule is COc1ccc(Cl)cc1C[NH+](C)CC(=O)NCc1ccccc1. The van der Waals surface area contributed by atoms with Crippen molar-refractivity contribution in [1.29, 1.82) is 0 Å². The minimum Gasteiger partial charge on any atom is -0.496 e. The first-order valence-electron chi connectivity index (χ1n) is 7.53. The standard InChI is InChI=1S/C18H21ClN2O2/c1-21(12-15-10-16(19)8-9-17(15)23-2)13-18(22)20-11-14-6-4-3-5-7-14/h3-10H,11-13H2,1-2H3,(H,20,22)/p+1. The van der Waals surface area contributed by atoms with Crippen LogP contribution in [-0.2, 0) is 17.9 Å². The Morgan fingerprint density at radius 3 is 2.65 bits per heavy atom. The summed E-state index contributed by atoms with van der Waals surface area (Å²) < 4.78 is 5.34. The maximum Gasteiger partial charge on any atom is 0.275 e. The molecule has 0 spiro atoms. The zero-order valence-electron chi connectivity index (χ0n) is 13.4. The van der Waals surface area contributed by atoms with Gasteiger partial charge in [0.15, 0.2) is 6.54 Å². The first kappa shape index (κ1) is 17.3. The van der Waals surface area contributed by atoms with Crippen LogP contribution in [0.1, 0.15) is 11.1 Å². The Morgan fingerprint density at radius 2 is 1.96 bits per heavy atom. The van der Waals surface area contributed by atoms with E-state index < -0.39 is 0 Å². The van der Waals surface area contributed by atoms with Crippen molar-refractivity contribution in [2.45, 2.75) is 13.1 Å². The van der Waals surface area contributed by atoms with Crippen molar-refractivity contribution in [2.24, 2.45) is 0 Å². The number of halogens is 1. The number of methoxy groups -OCH3 is 1. The molecule has 4 nitrogen and oxygen atoms in total. The summed E-state index contributed by atoms with van der Waals surface area (Å²) in [6.07, 6.45) is 0. The molecule has 5 heteroatoms. The highest BCUT2D eigenvalue weighted by Gasteiger charge is 2.13. The van der Waals surface area contributed by atoms with E-state index in [0.717, 1.165) is 21.8 Å². The molecule has 2 rings (SSSR count). The number of amides is 1. The number of carbonyl (C=O) groups excluding carboxylic acids is 1. The number of carbonyl (C=O) groups is 1. The van der Waals surface area contributed by atoms with E-state index in [1.807, 2.05) is 49.5 Å². The van der Waals surface area contributed by atoms with Crippen molar-refractivity contribution in [3.63, 3.8) is 0 Å². The molecule has 0 aromatic heterocycles. The Kier molecular flexibility index (Phi) is 6.44. The quantitative estimate of drug-likeness (QED) is 0.809. The third-order valence-corrected chi connectivity index (χ3v) is 3.76. The largest absolute Gasteiger partial charge is 0.496 e. The monoisotopic (exact) mass is 333 g/mol. The van der Waals surface area contributed by atoms with Gasteiger partial charge in [-0.2, -0.15) is 0 Å². The molecular formula is C18H22ClN2O2+. The average Bonchev–Trinajstić information content (AvgIpc) is 2.54. The maximum absolute atomic E-state index is 12.0. The van der Waals surface area contributed by atoms with Gasteiger partial charge in [0.25, 0.3) is 5.91 Å². The summed E-state index contributed by atoms with van der Waals surface area (Å²) in [5.74, 6) is 0.811. The van der Waals surface area contributed by atoms with Crippen LogP contribution in [0.25, 0.3) is 0 Å². The van der Waals surface area contributed by atoms with Crippen LogP contribution in [0.3, 0.4) is 0 Å². The lowest BCUT2D eigenvalue weighted by Gasteiger charge is -2.16. The van der Waals surface area contributed by atoms with Crippen molar-refractivity contribution in [3.05, 3.63) is 64.7 Å². The fourth-order valence-electron chi connectivity index (χ4n) is 2.41. The van der Waals surface area contributed by atoms with E-state index in [4.69, 9.17) is 16.3 Å². The van der Waals surface area contributed by atoms with Crippen molar-refractivity contribution >= 4 is 17.5 Å². The van der Waals surface area contributed by atoms with Gasteiger partial charge >= 0.3 is 0 Å². The summed E-state index contributed by atoms with van der Waals surface area (Å²) in [7, 11) is 3.61. The summed E-state index contributed by atoms with van der Waals surface area (Å²) >= 11 is 6.04. The van der Waals surface area contributed by atoms with Gasteiger partial charge in [-0.05, 0) is 23.8 Å². The van der Waals surface area contributed by atoms with Crippen LogP contribution in [0.2, 0.25) is 5.02 Å². The van der Waals surface area contributed by atoms with Crippen LogP contribution < -0.4 is 15.0 Å². The molecule has 0 saturated heterocycles. The Morgan fingerprint density at radius 1 is 1.22 bits per heavy atom. The average molecular weight is 334 g/mol. The number of nitrogens with one attached hydrogen (secondary N) is 2. The second kappa shape index (κ2) is 8.56. The Bertz CT molecular complexity index is 647. The predicted molar refractivity (Wildman–Crippen MR) is 91.8 cm³/mol. The molecule has 1 unspecified atom stereocenters. The highest BCUT2D eigenvalue weighted by molar-refractivity contribution is 6.30. The predicted octanol–water partition coefficient (Wildman–Crippen LogP) is 1.68. The topological polar surface area (TPSA) is 42.8 Å². The second-order valence-corrected chi connectivity index (χ2v) is 5.97. The third-order valence-electron chi connectivity index (χ3n) is 3.53. The van der Waals surface area contributed by atoms with E-state index in [0.29, 0.717) is 24.7 Å². The molecule has 1 atom stereocenters. The molecule has 2 N–H and O–H groups in total. The van der Waals surface area contributed by atoms with Gasteiger partial charge in [0, 0.05) is 17.1 Å². The molecule has 0 saturated carbocycles. The van der Waals surface area contributed by atoms with Gasteiger partial charge < -0.3 is 15.0 Å². The number of ether oxygens (including phenoxy) is 1. The van der Waals surface area contributed by atoms with Crippen molar-refractivity contribution in [2.75, 3.05) is 20.7 Å². The maximum atomic E-state index is 12.0. The number of hydrogen-bond acceptors (Lipinski definition) is 2. The van der Waals surface area contributed by atoms with E-state index in [9.17, 15) is 4.79 Å². The minimum absolute atomic E-state index is 0.0207. The second-order valence-electron chi connectivity index (χ2n) is 5.53. The highest BCUT2D eigenvalue weighted by Crippen LogP contribution is 2.21. The Labute approximate surface area is 142 Å². The number of benzene rings is 2. The molecule has 0 heterocycles. The molecule has 1 amide bonds. The van der Waals surface area contributed by atoms with Gasteiger partial charge in [0.1, 0.15) is 12.3 Å².